The first kappa shape index (κ1) is 23.3. The molecule has 0 saturated heterocycles. The first-order chi connectivity index (χ1) is 16.8. The molecular formula is C28H32N4O3. The quantitative estimate of drug-likeness (QED) is 0.504. The van der Waals surface area contributed by atoms with E-state index in [4.69, 9.17) is 5.11 Å². The van der Waals surface area contributed by atoms with Crippen molar-refractivity contribution in [2.75, 3.05) is 13.2 Å². The van der Waals surface area contributed by atoms with Crippen LogP contribution in [0.15, 0.2) is 42.5 Å². The van der Waals surface area contributed by atoms with Crippen LogP contribution in [0.1, 0.15) is 76.3 Å². The Morgan fingerprint density at radius 1 is 1.26 bits per heavy atom. The van der Waals surface area contributed by atoms with Gasteiger partial charge in [0.25, 0.3) is 11.8 Å². The smallest absolute Gasteiger partial charge is 0.255 e. The Morgan fingerprint density at radius 3 is 2.89 bits per heavy atom. The molecule has 2 heterocycles. The lowest BCUT2D eigenvalue weighted by Crippen LogP contribution is -2.28. The van der Waals surface area contributed by atoms with Crippen molar-refractivity contribution in [3.8, 4) is 11.3 Å². The van der Waals surface area contributed by atoms with Gasteiger partial charge in [-0.15, -0.1) is 0 Å². The molecule has 1 atom stereocenters. The fourth-order valence-corrected chi connectivity index (χ4v) is 5.28. The highest BCUT2D eigenvalue weighted by atomic mass is 16.3. The molecule has 7 nitrogen and oxygen atoms in total. The number of aromatic nitrogens is 2. The number of aliphatic hydroxyl groups is 1. The van der Waals surface area contributed by atoms with Gasteiger partial charge in [-0.2, -0.15) is 5.10 Å². The van der Waals surface area contributed by atoms with E-state index in [1.54, 1.807) is 6.07 Å². The van der Waals surface area contributed by atoms with Crippen LogP contribution in [0.25, 0.3) is 11.3 Å². The Morgan fingerprint density at radius 2 is 2.09 bits per heavy atom. The number of aliphatic hydroxyl groups excluding tert-OH is 1. The van der Waals surface area contributed by atoms with Gasteiger partial charge in [-0.1, -0.05) is 32.0 Å². The van der Waals surface area contributed by atoms with Crippen molar-refractivity contribution in [2.24, 2.45) is 5.41 Å². The number of nitrogens with one attached hydrogen (secondary N) is 2. The second-order valence-electron chi connectivity index (χ2n) is 10.5. The summed E-state index contributed by atoms with van der Waals surface area (Å²) in [6, 6.07) is 13.2. The minimum Gasteiger partial charge on any atom is -0.395 e. The SMILES string of the molecule is C[C@H](c1cccc(C(=O)NCCO)c1)N1Cc2cc(-c3n[nH]c4c3CCC(C)(C)C4)ccc2C1=O. The molecule has 0 bridgehead atoms. The molecule has 35 heavy (non-hydrogen) atoms. The fraction of sp³-hybridized carbons (Fsp3) is 0.393. The Balaban J connectivity index is 1.37. The Kier molecular flexibility index (Phi) is 5.97. The average molecular weight is 473 g/mol. The zero-order valence-electron chi connectivity index (χ0n) is 20.5. The number of aromatic amines is 1. The van der Waals surface area contributed by atoms with Crippen LogP contribution in [0, 0.1) is 5.41 Å². The van der Waals surface area contributed by atoms with Crippen molar-refractivity contribution >= 4 is 11.8 Å². The Bertz CT molecular complexity index is 1290. The second-order valence-corrected chi connectivity index (χ2v) is 10.5. The molecule has 3 aromatic rings. The molecule has 0 fully saturated rings. The van der Waals surface area contributed by atoms with Gasteiger partial charge in [0.05, 0.1) is 18.3 Å². The summed E-state index contributed by atoms with van der Waals surface area (Å²) >= 11 is 0. The molecule has 2 aromatic carbocycles. The van der Waals surface area contributed by atoms with Crippen LogP contribution in [0.2, 0.25) is 0 Å². The molecule has 0 saturated carbocycles. The standard InChI is InChI=1S/C28H32N4O3/c1-17(18-5-4-6-20(13-18)26(34)29-11-12-33)32-16-21-14-19(7-8-22(21)27(32)35)25-23-9-10-28(2,3)15-24(23)30-31-25/h4-8,13-14,17,33H,9-12,15-16H2,1-3H3,(H,29,34)(H,30,31)/t17-/m1/s1. The first-order valence-electron chi connectivity index (χ1n) is 12.3. The lowest BCUT2D eigenvalue weighted by molar-refractivity contribution is 0.0716. The fourth-order valence-electron chi connectivity index (χ4n) is 5.28. The summed E-state index contributed by atoms with van der Waals surface area (Å²) in [6.07, 6.45) is 3.15. The minimum atomic E-state index is -0.237. The number of benzene rings is 2. The van der Waals surface area contributed by atoms with Crippen LogP contribution in [-0.4, -0.2) is 45.2 Å². The van der Waals surface area contributed by atoms with Gasteiger partial charge >= 0.3 is 0 Å². The highest BCUT2D eigenvalue weighted by molar-refractivity contribution is 5.99. The number of nitrogens with zero attached hydrogens (tertiary/aromatic N) is 2. The predicted molar refractivity (Wildman–Crippen MR) is 134 cm³/mol. The number of hydrogen-bond acceptors (Lipinski definition) is 4. The van der Waals surface area contributed by atoms with Crippen molar-refractivity contribution < 1.29 is 14.7 Å². The van der Waals surface area contributed by atoms with Crippen LogP contribution in [0.5, 0.6) is 0 Å². The van der Waals surface area contributed by atoms with Gasteiger partial charge in [-0.25, -0.2) is 0 Å². The van der Waals surface area contributed by atoms with E-state index in [0.29, 0.717) is 12.1 Å². The van der Waals surface area contributed by atoms with Crippen LogP contribution < -0.4 is 5.32 Å². The van der Waals surface area contributed by atoms with E-state index < -0.39 is 0 Å². The summed E-state index contributed by atoms with van der Waals surface area (Å²) in [5.74, 6) is -0.237. The maximum atomic E-state index is 13.3. The summed E-state index contributed by atoms with van der Waals surface area (Å²) in [5.41, 5.74) is 8.00. The number of H-pyrrole nitrogens is 1. The van der Waals surface area contributed by atoms with Crippen LogP contribution in [0.4, 0.5) is 0 Å². The molecular weight excluding hydrogens is 440 g/mol. The molecule has 2 aliphatic rings. The third-order valence-electron chi connectivity index (χ3n) is 7.37. The van der Waals surface area contributed by atoms with E-state index in [0.717, 1.165) is 47.2 Å². The normalized spacial score (nSPS) is 17.1. The van der Waals surface area contributed by atoms with E-state index >= 15 is 0 Å². The maximum absolute atomic E-state index is 13.3. The van der Waals surface area contributed by atoms with Gasteiger partial charge in [0.2, 0.25) is 0 Å². The summed E-state index contributed by atoms with van der Waals surface area (Å²) in [7, 11) is 0. The van der Waals surface area contributed by atoms with Crippen molar-refractivity contribution in [2.45, 2.75) is 52.6 Å². The second kappa shape index (κ2) is 8.96. The maximum Gasteiger partial charge on any atom is 0.255 e. The van der Waals surface area contributed by atoms with Crippen molar-refractivity contribution in [3.05, 3.63) is 76.0 Å². The summed E-state index contributed by atoms with van der Waals surface area (Å²) < 4.78 is 0. The lowest BCUT2D eigenvalue weighted by atomic mass is 9.76. The molecule has 3 N–H and O–H groups in total. The Labute approximate surface area is 205 Å². The zero-order chi connectivity index (χ0) is 24.7. The molecule has 2 amide bonds. The highest BCUT2D eigenvalue weighted by Gasteiger charge is 2.33. The predicted octanol–water partition coefficient (Wildman–Crippen LogP) is 4.03. The molecule has 0 unspecified atom stereocenters. The van der Waals surface area contributed by atoms with Crippen LogP contribution in [0.3, 0.4) is 0 Å². The van der Waals surface area contributed by atoms with Gasteiger partial charge in [-0.05, 0) is 67.0 Å². The largest absolute Gasteiger partial charge is 0.395 e. The molecule has 1 aliphatic heterocycles. The third-order valence-corrected chi connectivity index (χ3v) is 7.37. The van der Waals surface area contributed by atoms with Crippen LogP contribution in [-0.2, 0) is 19.4 Å². The van der Waals surface area contributed by atoms with E-state index in [1.165, 1.54) is 11.3 Å². The van der Waals surface area contributed by atoms with Gasteiger partial charge in [0.15, 0.2) is 0 Å². The van der Waals surface area contributed by atoms with Crippen LogP contribution >= 0.6 is 0 Å². The number of rotatable bonds is 6. The minimum absolute atomic E-state index is 0.00000799. The summed E-state index contributed by atoms with van der Waals surface area (Å²) in [6.45, 7) is 7.20. The molecule has 5 rings (SSSR count). The topological polar surface area (TPSA) is 98.3 Å². The van der Waals surface area contributed by atoms with E-state index in [-0.39, 0.29) is 36.4 Å². The zero-order valence-corrected chi connectivity index (χ0v) is 20.5. The molecule has 0 radical (unpaired) electrons. The van der Waals surface area contributed by atoms with E-state index in [2.05, 4.69) is 35.4 Å². The highest BCUT2D eigenvalue weighted by Crippen LogP contribution is 2.39. The van der Waals surface area contributed by atoms with Gasteiger partial charge in [0, 0.05) is 41.0 Å². The summed E-state index contributed by atoms with van der Waals surface area (Å²) in [5, 5.41) is 19.5. The molecule has 182 valence electrons. The monoisotopic (exact) mass is 472 g/mol. The number of carbonyl (C=O) groups is 2. The third kappa shape index (κ3) is 4.36. The molecule has 0 spiro atoms. The summed E-state index contributed by atoms with van der Waals surface area (Å²) in [4.78, 5) is 27.4. The van der Waals surface area contributed by atoms with Gasteiger partial charge in [-0.3, -0.25) is 14.7 Å². The van der Waals surface area contributed by atoms with E-state index in [1.807, 2.05) is 42.2 Å². The first-order valence-corrected chi connectivity index (χ1v) is 12.3. The Hall–Kier alpha value is -3.45. The molecule has 7 heteroatoms. The molecule has 1 aliphatic carbocycles. The van der Waals surface area contributed by atoms with E-state index in [9.17, 15) is 9.59 Å². The van der Waals surface area contributed by atoms with Crippen molar-refractivity contribution in [3.63, 3.8) is 0 Å². The van der Waals surface area contributed by atoms with Gasteiger partial charge < -0.3 is 15.3 Å². The number of hydrogen-bond donors (Lipinski definition) is 3. The average Bonchev–Trinajstić information content (AvgIpc) is 3.41. The number of amides is 2. The molecule has 1 aromatic heterocycles. The number of fused-ring (bicyclic) bond motifs is 2. The van der Waals surface area contributed by atoms with Crippen molar-refractivity contribution in [1.82, 2.24) is 20.4 Å². The van der Waals surface area contributed by atoms with Gasteiger partial charge in [0.1, 0.15) is 0 Å². The van der Waals surface area contributed by atoms with Crippen molar-refractivity contribution in [1.29, 1.82) is 0 Å². The lowest BCUT2D eigenvalue weighted by Gasteiger charge is -2.29. The number of carbonyl (C=O) groups excluding carboxylic acids is 2.